The molecule has 3 heteroatoms. The smallest absolute Gasteiger partial charge is 0.0787 e. The highest BCUT2D eigenvalue weighted by molar-refractivity contribution is 9.10. The molecule has 2 aromatic rings. The zero-order chi connectivity index (χ0) is 14.5. The average molecular weight is 334 g/mol. The first-order valence-electron chi connectivity index (χ1n) is 6.83. The van der Waals surface area contributed by atoms with E-state index in [1.165, 1.54) is 5.56 Å². The standard InChI is InChI=1S/C17H20BrNO/c1-3-17(20)14-7-9-16(10-8-14)19(2)12-13-5-4-6-15(18)11-13/h4-11,17,20H,3,12H2,1-2H3/t17-/m1/s1. The molecule has 0 fully saturated rings. The molecule has 0 aliphatic heterocycles. The van der Waals surface area contributed by atoms with Crippen LogP contribution in [-0.2, 0) is 6.54 Å². The highest BCUT2D eigenvalue weighted by Crippen LogP contribution is 2.22. The number of hydrogen-bond acceptors (Lipinski definition) is 2. The van der Waals surface area contributed by atoms with E-state index >= 15 is 0 Å². The van der Waals surface area contributed by atoms with Gasteiger partial charge in [0, 0.05) is 23.8 Å². The van der Waals surface area contributed by atoms with Crippen LogP contribution in [0.4, 0.5) is 5.69 Å². The van der Waals surface area contributed by atoms with E-state index < -0.39 is 0 Å². The molecule has 0 spiro atoms. The Morgan fingerprint density at radius 3 is 2.45 bits per heavy atom. The number of halogens is 1. The van der Waals surface area contributed by atoms with Crippen LogP contribution in [0, 0.1) is 0 Å². The summed E-state index contributed by atoms with van der Waals surface area (Å²) in [5.74, 6) is 0. The van der Waals surface area contributed by atoms with Crippen LogP contribution in [0.25, 0.3) is 0 Å². The minimum Gasteiger partial charge on any atom is -0.388 e. The molecule has 0 saturated carbocycles. The molecular formula is C17H20BrNO. The van der Waals surface area contributed by atoms with Crippen LogP contribution in [0.5, 0.6) is 0 Å². The van der Waals surface area contributed by atoms with Gasteiger partial charge in [-0.1, -0.05) is 47.1 Å². The predicted molar refractivity (Wildman–Crippen MR) is 87.9 cm³/mol. The van der Waals surface area contributed by atoms with Gasteiger partial charge >= 0.3 is 0 Å². The van der Waals surface area contributed by atoms with Gasteiger partial charge in [0.1, 0.15) is 0 Å². The van der Waals surface area contributed by atoms with Gasteiger partial charge in [0.2, 0.25) is 0 Å². The molecule has 2 aromatic carbocycles. The van der Waals surface area contributed by atoms with E-state index in [9.17, 15) is 5.11 Å². The topological polar surface area (TPSA) is 23.5 Å². The van der Waals surface area contributed by atoms with Crippen molar-refractivity contribution in [2.24, 2.45) is 0 Å². The zero-order valence-corrected chi connectivity index (χ0v) is 13.5. The van der Waals surface area contributed by atoms with Crippen molar-refractivity contribution in [1.82, 2.24) is 0 Å². The van der Waals surface area contributed by atoms with Gasteiger partial charge in [0.05, 0.1) is 6.10 Å². The molecule has 1 atom stereocenters. The minimum absolute atomic E-state index is 0.362. The Bertz CT molecular complexity index is 553. The van der Waals surface area contributed by atoms with Crippen molar-refractivity contribution < 1.29 is 5.11 Å². The fourth-order valence-electron chi connectivity index (χ4n) is 2.19. The second-order valence-corrected chi connectivity index (χ2v) is 5.92. The molecule has 2 rings (SSSR count). The van der Waals surface area contributed by atoms with Gasteiger partial charge in [-0.05, 0) is 41.8 Å². The van der Waals surface area contributed by atoms with Crippen LogP contribution in [0.15, 0.2) is 53.0 Å². The van der Waals surface area contributed by atoms with E-state index in [1.807, 2.05) is 31.2 Å². The van der Waals surface area contributed by atoms with E-state index in [4.69, 9.17) is 0 Å². The maximum atomic E-state index is 9.81. The molecular weight excluding hydrogens is 314 g/mol. The molecule has 20 heavy (non-hydrogen) atoms. The van der Waals surface area contributed by atoms with Crippen molar-refractivity contribution in [2.45, 2.75) is 26.0 Å². The SMILES string of the molecule is CC[C@@H](O)c1ccc(N(C)Cc2cccc(Br)c2)cc1. The quantitative estimate of drug-likeness (QED) is 0.868. The number of anilines is 1. The number of nitrogens with zero attached hydrogens (tertiary/aromatic N) is 1. The Morgan fingerprint density at radius 1 is 1.15 bits per heavy atom. The van der Waals surface area contributed by atoms with Gasteiger partial charge in [-0.2, -0.15) is 0 Å². The maximum absolute atomic E-state index is 9.81. The molecule has 0 heterocycles. The molecule has 0 aromatic heterocycles. The lowest BCUT2D eigenvalue weighted by Crippen LogP contribution is -2.16. The third kappa shape index (κ3) is 3.84. The van der Waals surface area contributed by atoms with Crippen molar-refractivity contribution in [3.63, 3.8) is 0 Å². The number of hydrogen-bond donors (Lipinski definition) is 1. The van der Waals surface area contributed by atoms with E-state index in [0.29, 0.717) is 0 Å². The van der Waals surface area contributed by atoms with Crippen molar-refractivity contribution >= 4 is 21.6 Å². The Kier molecular flexibility index (Phi) is 5.21. The monoisotopic (exact) mass is 333 g/mol. The summed E-state index contributed by atoms with van der Waals surface area (Å²) >= 11 is 3.50. The predicted octanol–water partition coefficient (Wildman–Crippen LogP) is 4.53. The van der Waals surface area contributed by atoms with Gasteiger partial charge in [-0.25, -0.2) is 0 Å². The van der Waals surface area contributed by atoms with Crippen LogP contribution in [0.1, 0.15) is 30.6 Å². The molecule has 0 radical (unpaired) electrons. The molecule has 0 aliphatic carbocycles. The Labute approximate surface area is 129 Å². The summed E-state index contributed by atoms with van der Waals surface area (Å²) < 4.78 is 1.10. The molecule has 0 unspecified atom stereocenters. The van der Waals surface area contributed by atoms with Crippen LogP contribution >= 0.6 is 15.9 Å². The first-order chi connectivity index (χ1) is 9.60. The van der Waals surface area contributed by atoms with Gasteiger partial charge < -0.3 is 10.0 Å². The summed E-state index contributed by atoms with van der Waals surface area (Å²) in [4.78, 5) is 2.20. The van der Waals surface area contributed by atoms with Gasteiger partial charge in [-0.3, -0.25) is 0 Å². The van der Waals surface area contributed by atoms with Crippen LogP contribution < -0.4 is 4.90 Å². The molecule has 0 bridgehead atoms. The second-order valence-electron chi connectivity index (χ2n) is 5.00. The summed E-state index contributed by atoms with van der Waals surface area (Å²) in [5.41, 5.74) is 3.39. The van der Waals surface area contributed by atoms with Crippen molar-refractivity contribution in [3.8, 4) is 0 Å². The maximum Gasteiger partial charge on any atom is 0.0787 e. The Balaban J connectivity index is 2.07. The fraction of sp³-hybridized carbons (Fsp3) is 0.294. The molecule has 1 N–H and O–H groups in total. The highest BCUT2D eigenvalue weighted by Gasteiger charge is 2.06. The summed E-state index contributed by atoms with van der Waals surface area (Å²) in [6.07, 6.45) is 0.382. The van der Waals surface area contributed by atoms with E-state index in [-0.39, 0.29) is 6.10 Å². The first-order valence-corrected chi connectivity index (χ1v) is 7.63. The summed E-state index contributed by atoms with van der Waals surface area (Å²) in [5, 5.41) is 9.81. The van der Waals surface area contributed by atoms with Crippen LogP contribution in [0.2, 0.25) is 0 Å². The van der Waals surface area contributed by atoms with Crippen molar-refractivity contribution in [2.75, 3.05) is 11.9 Å². The van der Waals surface area contributed by atoms with E-state index in [1.54, 1.807) is 0 Å². The second kappa shape index (κ2) is 6.91. The third-order valence-electron chi connectivity index (χ3n) is 3.41. The van der Waals surface area contributed by atoms with E-state index in [2.05, 4.69) is 52.1 Å². The summed E-state index contributed by atoms with van der Waals surface area (Å²) in [6, 6.07) is 16.5. The summed E-state index contributed by atoms with van der Waals surface area (Å²) in [6.45, 7) is 2.84. The number of aliphatic hydroxyl groups is 1. The van der Waals surface area contributed by atoms with E-state index in [0.717, 1.165) is 28.7 Å². The lowest BCUT2D eigenvalue weighted by Gasteiger charge is -2.20. The Morgan fingerprint density at radius 2 is 1.85 bits per heavy atom. The van der Waals surface area contributed by atoms with Crippen LogP contribution in [0.3, 0.4) is 0 Å². The van der Waals surface area contributed by atoms with Gasteiger partial charge in [0.25, 0.3) is 0 Å². The fourth-order valence-corrected chi connectivity index (χ4v) is 2.63. The largest absolute Gasteiger partial charge is 0.388 e. The molecule has 0 amide bonds. The molecule has 2 nitrogen and oxygen atoms in total. The third-order valence-corrected chi connectivity index (χ3v) is 3.91. The number of rotatable bonds is 5. The first kappa shape index (κ1) is 15.1. The zero-order valence-electron chi connectivity index (χ0n) is 11.9. The normalized spacial score (nSPS) is 12.2. The summed E-state index contributed by atoms with van der Waals surface area (Å²) in [7, 11) is 2.08. The molecule has 0 aliphatic rings. The Hall–Kier alpha value is -1.32. The van der Waals surface area contributed by atoms with Gasteiger partial charge in [-0.15, -0.1) is 0 Å². The number of aliphatic hydroxyl groups excluding tert-OH is 1. The lowest BCUT2D eigenvalue weighted by atomic mass is 10.1. The van der Waals surface area contributed by atoms with Crippen molar-refractivity contribution in [1.29, 1.82) is 0 Å². The number of benzene rings is 2. The van der Waals surface area contributed by atoms with Crippen molar-refractivity contribution in [3.05, 3.63) is 64.1 Å². The average Bonchev–Trinajstić information content (AvgIpc) is 2.46. The highest BCUT2D eigenvalue weighted by atomic mass is 79.9. The molecule has 106 valence electrons. The lowest BCUT2D eigenvalue weighted by molar-refractivity contribution is 0.173. The van der Waals surface area contributed by atoms with Crippen LogP contribution in [-0.4, -0.2) is 12.2 Å². The molecule has 0 saturated heterocycles. The van der Waals surface area contributed by atoms with Gasteiger partial charge in [0.15, 0.2) is 0 Å². The minimum atomic E-state index is -0.362.